The lowest BCUT2D eigenvalue weighted by molar-refractivity contribution is 0.0551. The highest BCUT2D eigenvalue weighted by molar-refractivity contribution is 4.73. The molecule has 0 aromatic carbocycles. The Balaban J connectivity index is 3.91. The zero-order chi connectivity index (χ0) is 7.98. The molecule has 0 heterocycles. The van der Waals surface area contributed by atoms with Crippen LogP contribution in [0.15, 0.2) is 5.11 Å². The van der Waals surface area contributed by atoms with E-state index in [1.165, 1.54) is 0 Å². The predicted molar refractivity (Wildman–Crippen MR) is 33.1 cm³/mol. The van der Waals surface area contributed by atoms with Crippen molar-refractivity contribution in [2.45, 2.75) is 12.1 Å². The minimum Gasteiger partial charge on any atom is -0.396 e. The summed E-state index contributed by atoms with van der Waals surface area (Å²) in [5.41, 5.74) is 7.87. The van der Waals surface area contributed by atoms with Crippen LogP contribution in [0.1, 0.15) is 0 Å². The zero-order valence-electron chi connectivity index (χ0n) is 5.25. The molecule has 0 amide bonds. The lowest BCUT2D eigenvalue weighted by atomic mass is 10.2. The highest BCUT2D eigenvalue weighted by Gasteiger charge is 2.14. The van der Waals surface area contributed by atoms with Crippen molar-refractivity contribution in [3.8, 4) is 0 Å². The first-order valence-corrected chi connectivity index (χ1v) is 2.70. The first kappa shape index (κ1) is 9.19. The van der Waals surface area contributed by atoms with Crippen molar-refractivity contribution in [1.82, 2.24) is 0 Å². The summed E-state index contributed by atoms with van der Waals surface area (Å²) in [4.78, 5) is 2.37. The number of hydrogen-bond donors (Lipinski definition) is 3. The van der Waals surface area contributed by atoms with Crippen molar-refractivity contribution in [1.29, 1.82) is 0 Å². The molecule has 0 aromatic rings. The quantitative estimate of drug-likeness (QED) is 0.270. The van der Waals surface area contributed by atoms with Crippen molar-refractivity contribution in [3.63, 3.8) is 0 Å². The van der Waals surface area contributed by atoms with Crippen LogP contribution in [-0.4, -0.2) is 40.7 Å². The molecule has 0 radical (unpaired) electrons. The minimum absolute atomic E-state index is 0.466. The molecule has 10 heavy (non-hydrogen) atoms. The van der Waals surface area contributed by atoms with Gasteiger partial charge in [0.1, 0.15) is 0 Å². The Hall–Kier alpha value is -0.810. The summed E-state index contributed by atoms with van der Waals surface area (Å²) in [7, 11) is 0. The average molecular weight is 147 g/mol. The number of aliphatic hydroxyl groups is 3. The maximum atomic E-state index is 8.77. The molecule has 2 atom stereocenters. The van der Waals surface area contributed by atoms with E-state index in [0.717, 1.165) is 0 Å². The number of rotatable bonds is 4. The van der Waals surface area contributed by atoms with Crippen molar-refractivity contribution >= 4 is 0 Å². The third-order valence-electron chi connectivity index (χ3n) is 1.02. The van der Waals surface area contributed by atoms with Crippen molar-refractivity contribution < 1.29 is 15.3 Å². The van der Waals surface area contributed by atoms with Crippen molar-refractivity contribution in [2.24, 2.45) is 5.11 Å². The molecule has 0 aliphatic rings. The van der Waals surface area contributed by atoms with Crippen LogP contribution >= 0.6 is 0 Å². The van der Waals surface area contributed by atoms with Gasteiger partial charge in [-0.05, 0) is 5.53 Å². The predicted octanol–water partition coefficient (Wildman–Crippen LogP) is -0.989. The summed E-state index contributed by atoms with van der Waals surface area (Å²) in [5, 5.41) is 28.5. The van der Waals surface area contributed by atoms with Crippen LogP contribution < -0.4 is 0 Å². The average Bonchev–Trinajstić information content (AvgIpc) is 1.99. The van der Waals surface area contributed by atoms with Crippen LogP contribution in [0, 0.1) is 0 Å². The van der Waals surface area contributed by atoms with Gasteiger partial charge in [-0.15, -0.1) is 0 Å². The maximum Gasteiger partial charge on any atom is 0.0886 e. The second-order valence-corrected chi connectivity index (χ2v) is 1.70. The third-order valence-corrected chi connectivity index (χ3v) is 1.02. The molecule has 0 fully saturated rings. The third kappa shape index (κ3) is 2.65. The fourth-order valence-corrected chi connectivity index (χ4v) is 0.423. The molecule has 0 saturated carbocycles. The molecule has 0 aliphatic carbocycles. The molecule has 3 N–H and O–H groups in total. The highest BCUT2D eigenvalue weighted by Crippen LogP contribution is 1.97. The Kier molecular flexibility index (Phi) is 4.61. The molecule has 6 nitrogen and oxygen atoms in total. The van der Waals surface area contributed by atoms with Gasteiger partial charge in [0.05, 0.1) is 25.4 Å². The van der Waals surface area contributed by atoms with E-state index in [0.29, 0.717) is 0 Å². The lowest BCUT2D eigenvalue weighted by Gasteiger charge is -2.11. The molecular formula is C4H9N3O3. The summed E-state index contributed by atoms with van der Waals surface area (Å²) >= 11 is 0. The van der Waals surface area contributed by atoms with E-state index in [4.69, 9.17) is 20.9 Å². The molecule has 0 aliphatic heterocycles. The fourth-order valence-electron chi connectivity index (χ4n) is 0.423. The topological polar surface area (TPSA) is 109 Å². The smallest absolute Gasteiger partial charge is 0.0886 e. The molecule has 0 unspecified atom stereocenters. The summed E-state index contributed by atoms with van der Waals surface area (Å²) in [6.07, 6.45) is -1.18. The Bertz CT molecular complexity index is 134. The normalized spacial score (nSPS) is 15.5. The van der Waals surface area contributed by atoms with Gasteiger partial charge >= 0.3 is 0 Å². The Morgan fingerprint density at radius 1 is 1.40 bits per heavy atom. The van der Waals surface area contributed by atoms with Gasteiger partial charge in [-0.1, -0.05) is 5.11 Å². The molecule has 0 rings (SSSR count). The van der Waals surface area contributed by atoms with Gasteiger partial charge < -0.3 is 15.3 Å². The molecular weight excluding hydrogens is 138 g/mol. The summed E-state index contributed by atoms with van der Waals surface area (Å²) in [6, 6.07) is -0.949. The number of hydrogen-bond acceptors (Lipinski definition) is 4. The van der Waals surface area contributed by atoms with Crippen LogP contribution in [0.4, 0.5) is 0 Å². The Labute approximate surface area is 57.4 Å². The van der Waals surface area contributed by atoms with Crippen molar-refractivity contribution in [3.05, 3.63) is 10.4 Å². The zero-order valence-corrected chi connectivity index (χ0v) is 5.25. The van der Waals surface area contributed by atoms with Crippen LogP contribution in [0.3, 0.4) is 0 Å². The van der Waals surface area contributed by atoms with Gasteiger partial charge in [0.15, 0.2) is 0 Å². The Morgan fingerprint density at radius 3 is 2.30 bits per heavy atom. The molecule has 0 bridgehead atoms. The van der Waals surface area contributed by atoms with Gasteiger partial charge in [0.25, 0.3) is 0 Å². The standard InChI is InChI=1S/C4H9N3O3/c5-7-6-3(1-8)4(10)2-9/h3-4,8-10H,1-2H2/t3-,4+/m0/s1. The molecule has 58 valence electrons. The number of azide groups is 1. The summed E-state index contributed by atoms with van der Waals surface area (Å²) in [5.74, 6) is 0. The SMILES string of the molecule is [N-]=[N+]=N[C@@H](CO)[C@H](O)CO. The van der Waals surface area contributed by atoms with E-state index in [1.54, 1.807) is 0 Å². The van der Waals surface area contributed by atoms with E-state index in [2.05, 4.69) is 10.0 Å². The number of nitrogens with zero attached hydrogens (tertiary/aromatic N) is 3. The van der Waals surface area contributed by atoms with Crippen LogP contribution in [0.25, 0.3) is 10.4 Å². The monoisotopic (exact) mass is 147 g/mol. The van der Waals surface area contributed by atoms with Gasteiger partial charge in [-0.25, -0.2) is 0 Å². The fraction of sp³-hybridized carbons (Fsp3) is 1.00. The van der Waals surface area contributed by atoms with E-state index in [9.17, 15) is 0 Å². The molecule has 6 heteroatoms. The van der Waals surface area contributed by atoms with Gasteiger partial charge in [0, 0.05) is 4.91 Å². The second kappa shape index (κ2) is 5.01. The first-order valence-electron chi connectivity index (χ1n) is 2.70. The first-order chi connectivity index (χ1) is 4.76. The largest absolute Gasteiger partial charge is 0.396 e. The Morgan fingerprint density at radius 2 is 2.00 bits per heavy atom. The van der Waals surface area contributed by atoms with Crippen LogP contribution in [0.5, 0.6) is 0 Å². The summed E-state index contributed by atoms with van der Waals surface area (Å²) in [6.45, 7) is -0.990. The maximum absolute atomic E-state index is 8.77. The number of aliphatic hydroxyl groups excluding tert-OH is 3. The van der Waals surface area contributed by atoms with Gasteiger partial charge in [-0.3, -0.25) is 0 Å². The summed E-state index contributed by atoms with van der Waals surface area (Å²) < 4.78 is 0. The molecule has 0 saturated heterocycles. The highest BCUT2D eigenvalue weighted by atomic mass is 16.3. The van der Waals surface area contributed by atoms with E-state index in [1.807, 2.05) is 0 Å². The van der Waals surface area contributed by atoms with E-state index < -0.39 is 25.4 Å². The van der Waals surface area contributed by atoms with Gasteiger partial charge in [-0.2, -0.15) is 0 Å². The van der Waals surface area contributed by atoms with Gasteiger partial charge in [0.2, 0.25) is 0 Å². The minimum atomic E-state index is -1.18. The van der Waals surface area contributed by atoms with Crippen molar-refractivity contribution in [2.75, 3.05) is 13.2 Å². The molecule has 0 aromatic heterocycles. The second-order valence-electron chi connectivity index (χ2n) is 1.70. The van der Waals surface area contributed by atoms with E-state index >= 15 is 0 Å². The lowest BCUT2D eigenvalue weighted by Crippen LogP contribution is -2.30. The molecule has 0 spiro atoms. The van der Waals surface area contributed by atoms with Crippen LogP contribution in [0.2, 0.25) is 0 Å². The van der Waals surface area contributed by atoms with Crippen LogP contribution in [-0.2, 0) is 0 Å². The van der Waals surface area contributed by atoms with E-state index in [-0.39, 0.29) is 0 Å².